The van der Waals surface area contributed by atoms with Gasteiger partial charge in [-0.2, -0.15) is 5.10 Å². The van der Waals surface area contributed by atoms with Crippen LogP contribution < -0.4 is 10.0 Å². The van der Waals surface area contributed by atoms with E-state index in [4.69, 9.17) is 11.6 Å². The number of carbonyl (C=O) groups is 1. The Morgan fingerprint density at radius 1 is 1.16 bits per heavy atom. The van der Waals surface area contributed by atoms with E-state index in [1.165, 1.54) is 30.2 Å². The fourth-order valence-electron chi connectivity index (χ4n) is 2.95. The van der Waals surface area contributed by atoms with Crippen LogP contribution in [0.25, 0.3) is 5.82 Å². The summed E-state index contributed by atoms with van der Waals surface area (Å²) >= 11 is 6.07. The van der Waals surface area contributed by atoms with Crippen molar-refractivity contribution in [1.29, 1.82) is 0 Å². The van der Waals surface area contributed by atoms with E-state index in [0.717, 1.165) is 5.56 Å². The summed E-state index contributed by atoms with van der Waals surface area (Å²) in [5, 5.41) is 7.09. The van der Waals surface area contributed by atoms with Crippen LogP contribution in [0.5, 0.6) is 0 Å². The van der Waals surface area contributed by atoms with Gasteiger partial charge in [0.2, 0.25) is 0 Å². The minimum absolute atomic E-state index is 0.0970. The molecule has 31 heavy (non-hydrogen) atoms. The molecule has 1 amide bonds. The summed E-state index contributed by atoms with van der Waals surface area (Å²) in [5.74, 6) is -0.115. The van der Waals surface area contributed by atoms with Crippen LogP contribution in [0, 0.1) is 6.92 Å². The molecule has 0 aliphatic rings. The van der Waals surface area contributed by atoms with Gasteiger partial charge < -0.3 is 5.32 Å². The first-order valence-electron chi connectivity index (χ1n) is 9.50. The lowest BCUT2D eigenvalue weighted by molar-refractivity contribution is 0.0962. The molecule has 2 heterocycles. The predicted octanol–water partition coefficient (Wildman–Crippen LogP) is 3.69. The fraction of sp³-hybridized carbons (Fsp3) is 0.286. The molecule has 164 valence electrons. The highest BCUT2D eigenvalue weighted by Gasteiger charge is 2.21. The molecule has 3 aromatic rings. The maximum Gasteiger partial charge on any atom is 0.262 e. The molecule has 2 N–H and O–H groups in total. The van der Waals surface area contributed by atoms with E-state index in [1.807, 2.05) is 0 Å². The molecule has 0 unspecified atom stereocenters. The van der Waals surface area contributed by atoms with Crippen molar-refractivity contribution in [3.05, 3.63) is 64.6 Å². The van der Waals surface area contributed by atoms with E-state index >= 15 is 0 Å². The Hall–Kier alpha value is -2.91. The first-order chi connectivity index (χ1) is 14.4. The maximum absolute atomic E-state index is 13.0. The summed E-state index contributed by atoms with van der Waals surface area (Å²) in [4.78, 5) is 16.3. The van der Waals surface area contributed by atoms with E-state index in [9.17, 15) is 13.2 Å². The molecule has 0 fully saturated rings. The van der Waals surface area contributed by atoms with Gasteiger partial charge in [0.15, 0.2) is 5.82 Å². The SMILES string of the molecule is CNC(=O)c1cn(-c2ncc(Cl)cc2NS(=O)(=O)c2ccc(C(C)(C)C)cc2)nc1C. The molecule has 0 atom stereocenters. The Morgan fingerprint density at radius 3 is 2.39 bits per heavy atom. The highest BCUT2D eigenvalue weighted by molar-refractivity contribution is 7.92. The molecule has 0 aliphatic carbocycles. The number of nitrogens with zero attached hydrogens (tertiary/aromatic N) is 3. The van der Waals surface area contributed by atoms with E-state index < -0.39 is 10.0 Å². The summed E-state index contributed by atoms with van der Waals surface area (Å²) in [6, 6.07) is 8.14. The first-order valence-corrected chi connectivity index (χ1v) is 11.4. The molecule has 0 bridgehead atoms. The number of nitrogens with one attached hydrogen (secondary N) is 2. The molecule has 0 saturated carbocycles. The number of rotatable bonds is 5. The highest BCUT2D eigenvalue weighted by atomic mass is 35.5. The third-order valence-corrected chi connectivity index (χ3v) is 6.28. The maximum atomic E-state index is 13.0. The Bertz CT molecular complexity index is 1230. The Kier molecular flexibility index (Phi) is 6.11. The molecule has 3 rings (SSSR count). The van der Waals surface area contributed by atoms with E-state index in [0.29, 0.717) is 11.3 Å². The topological polar surface area (TPSA) is 106 Å². The molecule has 8 nitrogen and oxygen atoms in total. The number of hydrogen-bond donors (Lipinski definition) is 2. The number of anilines is 1. The molecule has 0 saturated heterocycles. The number of hydrogen-bond acceptors (Lipinski definition) is 5. The smallest absolute Gasteiger partial charge is 0.262 e. The molecular weight excluding hydrogens is 438 g/mol. The number of halogens is 1. The number of pyridine rings is 1. The van der Waals surface area contributed by atoms with E-state index in [1.54, 1.807) is 31.2 Å². The Labute approximate surface area is 186 Å². The van der Waals surface area contributed by atoms with Crippen LogP contribution >= 0.6 is 11.6 Å². The van der Waals surface area contributed by atoms with Gasteiger partial charge in [-0.25, -0.2) is 18.1 Å². The molecular formula is C21H24ClN5O3S. The van der Waals surface area contributed by atoms with Crippen molar-refractivity contribution in [3.8, 4) is 5.82 Å². The normalized spacial score (nSPS) is 11.9. The fourth-order valence-corrected chi connectivity index (χ4v) is 4.16. The van der Waals surface area contributed by atoms with Gasteiger partial charge in [-0.15, -0.1) is 0 Å². The summed E-state index contributed by atoms with van der Waals surface area (Å²) in [6.45, 7) is 7.84. The van der Waals surface area contributed by atoms with Gasteiger partial charge in [0.25, 0.3) is 15.9 Å². The summed E-state index contributed by atoms with van der Waals surface area (Å²) in [7, 11) is -2.40. The number of sulfonamides is 1. The van der Waals surface area contributed by atoms with Gasteiger partial charge in [0.05, 0.1) is 26.9 Å². The van der Waals surface area contributed by atoms with Gasteiger partial charge >= 0.3 is 0 Å². The number of amides is 1. The summed E-state index contributed by atoms with van der Waals surface area (Å²) in [5.41, 5.74) is 1.89. The van der Waals surface area contributed by atoms with Crippen molar-refractivity contribution in [3.63, 3.8) is 0 Å². The van der Waals surface area contributed by atoms with Crippen molar-refractivity contribution >= 4 is 33.2 Å². The van der Waals surface area contributed by atoms with Crippen LogP contribution in [0.4, 0.5) is 5.69 Å². The Balaban J connectivity index is 2.00. The zero-order valence-corrected chi connectivity index (χ0v) is 19.5. The third kappa shape index (κ3) is 4.88. The van der Waals surface area contributed by atoms with Gasteiger partial charge in [-0.05, 0) is 36.1 Å². The van der Waals surface area contributed by atoms with Crippen molar-refractivity contribution < 1.29 is 13.2 Å². The third-order valence-electron chi connectivity index (χ3n) is 4.70. The van der Waals surface area contributed by atoms with Crippen molar-refractivity contribution in [2.75, 3.05) is 11.8 Å². The van der Waals surface area contributed by atoms with Gasteiger partial charge in [-0.3, -0.25) is 9.52 Å². The van der Waals surface area contributed by atoms with E-state index in [2.05, 4.69) is 40.9 Å². The molecule has 0 aliphatic heterocycles. The quantitative estimate of drug-likeness (QED) is 0.602. The monoisotopic (exact) mass is 461 g/mol. The zero-order chi connectivity index (χ0) is 23.0. The van der Waals surface area contributed by atoms with Crippen LogP contribution in [0.2, 0.25) is 5.02 Å². The van der Waals surface area contributed by atoms with Gasteiger partial charge in [0, 0.05) is 19.4 Å². The highest BCUT2D eigenvalue weighted by Crippen LogP contribution is 2.27. The first kappa shape index (κ1) is 22.8. The lowest BCUT2D eigenvalue weighted by Crippen LogP contribution is -2.18. The lowest BCUT2D eigenvalue weighted by Gasteiger charge is -2.19. The zero-order valence-electron chi connectivity index (χ0n) is 17.9. The van der Waals surface area contributed by atoms with Gasteiger partial charge in [0.1, 0.15) is 0 Å². The second kappa shape index (κ2) is 8.32. The second-order valence-corrected chi connectivity index (χ2v) is 10.2. The minimum atomic E-state index is -3.92. The van der Waals surface area contributed by atoms with Crippen LogP contribution in [-0.2, 0) is 15.4 Å². The number of carbonyl (C=O) groups excluding carboxylic acids is 1. The van der Waals surface area contributed by atoms with Crippen molar-refractivity contribution in [2.45, 2.75) is 38.0 Å². The molecule has 2 aromatic heterocycles. The largest absolute Gasteiger partial charge is 0.355 e. The van der Waals surface area contributed by atoms with Crippen molar-refractivity contribution in [2.24, 2.45) is 0 Å². The van der Waals surface area contributed by atoms with Crippen LogP contribution in [0.3, 0.4) is 0 Å². The van der Waals surface area contributed by atoms with Crippen molar-refractivity contribution in [1.82, 2.24) is 20.1 Å². The number of benzene rings is 1. The molecule has 1 aromatic carbocycles. The average Bonchev–Trinajstić information content (AvgIpc) is 3.08. The molecule has 0 radical (unpaired) electrons. The summed E-state index contributed by atoms with van der Waals surface area (Å²) < 4.78 is 29.9. The summed E-state index contributed by atoms with van der Waals surface area (Å²) in [6.07, 6.45) is 2.86. The molecule has 10 heteroatoms. The van der Waals surface area contributed by atoms with E-state index in [-0.39, 0.29) is 32.7 Å². The minimum Gasteiger partial charge on any atom is -0.355 e. The number of aryl methyl sites for hydroxylation is 1. The van der Waals surface area contributed by atoms with Crippen LogP contribution in [0.15, 0.2) is 47.6 Å². The van der Waals surface area contributed by atoms with Gasteiger partial charge in [-0.1, -0.05) is 44.5 Å². The lowest BCUT2D eigenvalue weighted by atomic mass is 9.87. The molecule has 0 spiro atoms. The van der Waals surface area contributed by atoms with Crippen LogP contribution in [-0.4, -0.2) is 36.1 Å². The standard InChI is InChI=1S/C21H24ClN5O3S/c1-13-17(20(28)23-5)12-27(25-13)19-18(10-15(22)11-24-19)26-31(29,30)16-8-6-14(7-9-16)21(2,3)4/h6-12,26H,1-5H3,(H,23,28). The second-order valence-electron chi connectivity index (χ2n) is 8.06. The Morgan fingerprint density at radius 2 is 1.81 bits per heavy atom. The predicted molar refractivity (Wildman–Crippen MR) is 120 cm³/mol. The van der Waals surface area contributed by atoms with Crippen LogP contribution in [0.1, 0.15) is 42.4 Å². The average molecular weight is 462 g/mol. The number of aromatic nitrogens is 3.